The minimum Gasteiger partial charge on any atom is -0.477 e. The zero-order chi connectivity index (χ0) is 15.9. The summed E-state index contributed by atoms with van der Waals surface area (Å²) in [5.41, 5.74) is -0.109. The maximum Gasteiger partial charge on any atom is 0.352 e. The summed E-state index contributed by atoms with van der Waals surface area (Å²) >= 11 is 0. The molecule has 2 aliphatic heterocycles. The first-order valence-corrected chi connectivity index (χ1v) is 7.43. The van der Waals surface area contributed by atoms with Crippen LogP contribution in [-0.2, 0) is 34.7 Å². The number of β-lactam (4-membered cyclic amide) rings is 1. The molecule has 1 N–H and O–H groups in total. The van der Waals surface area contributed by atoms with E-state index in [1.807, 2.05) is 0 Å². The van der Waals surface area contributed by atoms with Gasteiger partial charge in [-0.15, -0.1) is 0 Å². The molecule has 4 atom stereocenters. The molecule has 0 aromatic carbocycles. The number of carboxylic acids is 1. The number of fused-ring (bicyclic) bond motifs is 1. The van der Waals surface area contributed by atoms with Crippen molar-refractivity contribution in [3.05, 3.63) is 11.3 Å². The molecule has 1 amide bonds. The molecule has 9 heteroatoms. The summed E-state index contributed by atoms with van der Waals surface area (Å²) in [4.78, 5) is 35.3. The topological polar surface area (TPSA) is 110 Å². The highest BCUT2D eigenvalue weighted by Crippen LogP contribution is 2.39. The highest BCUT2D eigenvalue weighted by atomic mass is 32.2. The van der Waals surface area contributed by atoms with Crippen LogP contribution in [0.1, 0.15) is 13.8 Å². The molecule has 0 aromatic heterocycles. The van der Waals surface area contributed by atoms with E-state index >= 15 is 0 Å². The van der Waals surface area contributed by atoms with Crippen LogP contribution in [0.3, 0.4) is 0 Å². The van der Waals surface area contributed by atoms with Gasteiger partial charge in [-0.2, -0.15) is 0 Å². The minimum absolute atomic E-state index is 0.162. The third-order valence-corrected chi connectivity index (χ3v) is 5.42. The first-order chi connectivity index (χ1) is 9.81. The second-order valence-corrected chi connectivity index (χ2v) is 6.53. The van der Waals surface area contributed by atoms with E-state index in [9.17, 15) is 23.7 Å². The Morgan fingerprint density at radius 3 is 2.52 bits per heavy atom. The summed E-state index contributed by atoms with van der Waals surface area (Å²) < 4.78 is 22.2. The number of methoxy groups -OCH3 is 1. The molecule has 2 rings (SSSR count). The van der Waals surface area contributed by atoms with E-state index in [-0.39, 0.29) is 17.9 Å². The zero-order valence-electron chi connectivity index (χ0n) is 11.7. The molecule has 1 saturated heterocycles. The van der Waals surface area contributed by atoms with Crippen molar-refractivity contribution in [2.75, 3.05) is 13.7 Å². The zero-order valence-corrected chi connectivity index (χ0v) is 12.5. The van der Waals surface area contributed by atoms with E-state index in [1.54, 1.807) is 6.92 Å². The first-order valence-electron chi connectivity index (χ1n) is 6.16. The van der Waals surface area contributed by atoms with Crippen molar-refractivity contribution in [2.45, 2.75) is 30.6 Å². The summed E-state index contributed by atoms with van der Waals surface area (Å²) in [7, 11) is -0.232. The third-order valence-electron chi connectivity index (χ3n) is 3.50. The number of esters is 1. The Hall–Kier alpha value is -1.74. The Bertz CT molecular complexity index is 570. The Morgan fingerprint density at radius 1 is 1.43 bits per heavy atom. The predicted molar refractivity (Wildman–Crippen MR) is 70.3 cm³/mol. The molecule has 0 bridgehead atoms. The van der Waals surface area contributed by atoms with Gasteiger partial charge in [-0.25, -0.2) is 4.79 Å². The average molecular weight is 317 g/mol. The number of rotatable bonds is 4. The maximum absolute atomic E-state index is 12.4. The lowest BCUT2D eigenvalue weighted by atomic mass is 10.0. The van der Waals surface area contributed by atoms with Crippen LogP contribution in [0.15, 0.2) is 11.3 Å². The Morgan fingerprint density at radius 2 is 2.05 bits per heavy atom. The highest BCUT2D eigenvalue weighted by molar-refractivity contribution is 7.86. The van der Waals surface area contributed by atoms with Gasteiger partial charge in [0.25, 0.3) is 5.91 Å². The fourth-order valence-corrected chi connectivity index (χ4v) is 4.19. The molecule has 0 saturated carbocycles. The molecule has 4 unspecified atom stereocenters. The third kappa shape index (κ3) is 2.36. The summed E-state index contributed by atoms with van der Waals surface area (Å²) in [6.07, 6.45) is -0.905. The quantitative estimate of drug-likeness (QED) is 0.535. The largest absolute Gasteiger partial charge is 0.477 e. The second-order valence-electron chi connectivity index (χ2n) is 4.69. The normalized spacial score (nSPS) is 31.6. The van der Waals surface area contributed by atoms with Crippen LogP contribution in [0.5, 0.6) is 0 Å². The number of hydrogen-bond acceptors (Lipinski definition) is 6. The van der Waals surface area contributed by atoms with Gasteiger partial charge in [-0.3, -0.25) is 18.7 Å². The number of nitrogens with zero attached hydrogens (tertiary/aromatic N) is 1. The fraction of sp³-hybridized carbons (Fsp3) is 0.583. The molecule has 0 aromatic rings. The molecule has 8 nitrogen and oxygen atoms in total. The molecular weight excluding hydrogens is 302 g/mol. The monoisotopic (exact) mass is 317 g/mol. The number of ether oxygens (including phenoxy) is 2. The average Bonchev–Trinajstić information content (AvgIpc) is 2.40. The molecule has 0 spiro atoms. The van der Waals surface area contributed by atoms with Crippen LogP contribution in [0, 0.1) is 0 Å². The van der Waals surface area contributed by atoms with Crippen molar-refractivity contribution in [1.29, 1.82) is 0 Å². The van der Waals surface area contributed by atoms with Gasteiger partial charge in [-0.05, 0) is 6.92 Å². The van der Waals surface area contributed by atoms with Gasteiger partial charge in [0.2, 0.25) is 0 Å². The number of hydrogen-bond donors (Lipinski definition) is 1. The van der Waals surface area contributed by atoms with E-state index in [4.69, 9.17) is 9.47 Å². The molecule has 21 heavy (non-hydrogen) atoms. The van der Waals surface area contributed by atoms with Crippen LogP contribution >= 0.6 is 0 Å². The van der Waals surface area contributed by atoms with Crippen molar-refractivity contribution < 1.29 is 33.2 Å². The van der Waals surface area contributed by atoms with Crippen LogP contribution < -0.4 is 0 Å². The summed E-state index contributed by atoms with van der Waals surface area (Å²) in [6.45, 7) is 2.45. The molecule has 0 aliphatic carbocycles. The number of aliphatic carboxylic acids is 1. The van der Waals surface area contributed by atoms with Crippen molar-refractivity contribution in [3.8, 4) is 0 Å². The smallest absolute Gasteiger partial charge is 0.352 e. The van der Waals surface area contributed by atoms with Gasteiger partial charge in [-0.1, -0.05) is 0 Å². The van der Waals surface area contributed by atoms with E-state index in [0.717, 1.165) is 4.90 Å². The highest BCUT2D eigenvalue weighted by Gasteiger charge is 2.58. The molecule has 0 radical (unpaired) electrons. The van der Waals surface area contributed by atoms with E-state index < -0.39 is 45.4 Å². The van der Waals surface area contributed by atoms with Crippen molar-refractivity contribution >= 4 is 28.6 Å². The summed E-state index contributed by atoms with van der Waals surface area (Å²) in [5.74, 6) is -2.47. The van der Waals surface area contributed by atoms with Crippen molar-refractivity contribution in [1.82, 2.24) is 4.90 Å². The lowest BCUT2D eigenvalue weighted by Crippen LogP contribution is -2.70. The Balaban J connectivity index is 2.45. The molecular formula is C12H15NO7S. The van der Waals surface area contributed by atoms with Gasteiger partial charge in [0, 0.05) is 19.6 Å². The standard InChI is InChI=1S/C12H15NO7S/c1-5-7(4-20-6(2)14)8(12(16)17)13-10(15)9(19-3)11(13)21(5)18/h5,9,11H,4H2,1-3H3,(H,16,17). The molecule has 2 aliphatic rings. The van der Waals surface area contributed by atoms with Gasteiger partial charge >= 0.3 is 11.9 Å². The Labute approximate surface area is 123 Å². The van der Waals surface area contributed by atoms with Gasteiger partial charge < -0.3 is 14.6 Å². The summed E-state index contributed by atoms with van der Waals surface area (Å²) in [6, 6.07) is 0. The van der Waals surface area contributed by atoms with Gasteiger partial charge in [0.15, 0.2) is 6.10 Å². The van der Waals surface area contributed by atoms with Crippen LogP contribution in [-0.4, -0.2) is 62.5 Å². The number of carboxylic acid groups (broad SMARTS) is 1. The van der Waals surface area contributed by atoms with Gasteiger partial charge in [0.1, 0.15) is 17.7 Å². The minimum atomic E-state index is -1.54. The van der Waals surface area contributed by atoms with Crippen LogP contribution in [0.2, 0.25) is 0 Å². The molecule has 116 valence electrons. The Kier molecular flexibility index (Phi) is 4.15. The van der Waals surface area contributed by atoms with E-state index in [0.29, 0.717) is 0 Å². The first kappa shape index (κ1) is 15.6. The van der Waals surface area contributed by atoms with Crippen LogP contribution in [0.25, 0.3) is 0 Å². The lowest BCUT2D eigenvalue weighted by molar-refractivity contribution is -0.162. The lowest BCUT2D eigenvalue weighted by Gasteiger charge is -2.49. The number of carbonyl (C=O) groups is 3. The summed E-state index contributed by atoms with van der Waals surface area (Å²) in [5, 5.41) is 7.88. The van der Waals surface area contributed by atoms with Crippen LogP contribution in [0.4, 0.5) is 0 Å². The van der Waals surface area contributed by atoms with Crippen molar-refractivity contribution in [3.63, 3.8) is 0 Å². The van der Waals surface area contributed by atoms with Gasteiger partial charge in [0.05, 0.1) is 16.0 Å². The number of carbonyl (C=O) groups excluding carboxylic acids is 2. The predicted octanol–water partition coefficient (Wildman–Crippen LogP) is -0.778. The second kappa shape index (κ2) is 5.57. The van der Waals surface area contributed by atoms with E-state index in [2.05, 4.69) is 0 Å². The van der Waals surface area contributed by atoms with E-state index in [1.165, 1.54) is 14.0 Å². The molecule has 1 fully saturated rings. The maximum atomic E-state index is 12.4. The fourth-order valence-electron chi connectivity index (χ4n) is 2.42. The molecule has 2 heterocycles. The van der Waals surface area contributed by atoms with Crippen molar-refractivity contribution in [2.24, 2.45) is 0 Å². The SMILES string of the molecule is COC1C(=O)N2C(C(=O)O)=C(COC(C)=O)C(C)S(=O)C12. The number of amides is 1.